The number of nitrogens with two attached hydrogens (primary N) is 1. The maximum absolute atomic E-state index is 8.51. The van der Waals surface area contributed by atoms with Crippen LogP contribution < -0.4 is 10.5 Å². The summed E-state index contributed by atoms with van der Waals surface area (Å²) >= 11 is 6.00. The van der Waals surface area contributed by atoms with Gasteiger partial charge in [-0.25, -0.2) is 0 Å². The Hall–Kier alpha value is -1.42. The van der Waals surface area contributed by atoms with Gasteiger partial charge in [-0.3, -0.25) is 0 Å². The second-order valence-corrected chi connectivity index (χ2v) is 4.24. The zero-order valence-electron chi connectivity index (χ0n) is 9.27. The lowest BCUT2D eigenvalue weighted by Gasteiger charge is -2.10. The Morgan fingerprint density at radius 2 is 2.25 bits per heavy atom. The van der Waals surface area contributed by atoms with Crippen LogP contribution in [0.2, 0.25) is 5.02 Å². The van der Waals surface area contributed by atoms with E-state index in [4.69, 9.17) is 27.3 Å². The van der Waals surface area contributed by atoms with Crippen LogP contribution in [0.3, 0.4) is 0 Å². The molecule has 0 spiro atoms. The minimum Gasteiger partial charge on any atom is -0.492 e. The maximum Gasteiger partial charge on any atom is 0.170 e. The number of benzene rings is 1. The first-order valence-corrected chi connectivity index (χ1v) is 5.32. The summed E-state index contributed by atoms with van der Waals surface area (Å²) in [5.41, 5.74) is 6.00. The largest absolute Gasteiger partial charge is 0.492 e. The van der Waals surface area contributed by atoms with Crippen LogP contribution in [0.15, 0.2) is 23.4 Å². The van der Waals surface area contributed by atoms with Crippen LogP contribution in [0.5, 0.6) is 5.75 Å². The van der Waals surface area contributed by atoms with Crippen molar-refractivity contribution in [3.05, 3.63) is 28.8 Å². The summed E-state index contributed by atoms with van der Waals surface area (Å²) in [5, 5.41) is 11.9. The Morgan fingerprint density at radius 1 is 1.56 bits per heavy atom. The van der Waals surface area contributed by atoms with Crippen molar-refractivity contribution < 1.29 is 9.94 Å². The maximum atomic E-state index is 8.51. The average molecular weight is 243 g/mol. The van der Waals surface area contributed by atoms with Crippen molar-refractivity contribution in [3.63, 3.8) is 0 Å². The van der Waals surface area contributed by atoms with Crippen LogP contribution in [0, 0.1) is 5.92 Å². The summed E-state index contributed by atoms with van der Waals surface area (Å²) in [4.78, 5) is 0. The molecule has 4 nitrogen and oxygen atoms in total. The van der Waals surface area contributed by atoms with E-state index in [1.54, 1.807) is 18.2 Å². The zero-order chi connectivity index (χ0) is 12.1. The predicted molar refractivity (Wildman–Crippen MR) is 64.3 cm³/mol. The normalized spacial score (nSPS) is 11.9. The SMILES string of the molecule is CC(C)COc1ccc(C(N)=NO)cc1Cl. The van der Waals surface area contributed by atoms with Gasteiger partial charge in [-0.05, 0) is 24.1 Å². The third-order valence-electron chi connectivity index (χ3n) is 1.91. The summed E-state index contributed by atoms with van der Waals surface area (Å²) in [7, 11) is 0. The van der Waals surface area contributed by atoms with Crippen LogP contribution in [0.1, 0.15) is 19.4 Å². The number of oxime groups is 1. The van der Waals surface area contributed by atoms with Crippen molar-refractivity contribution >= 4 is 17.4 Å². The van der Waals surface area contributed by atoms with E-state index in [0.717, 1.165) is 0 Å². The molecule has 16 heavy (non-hydrogen) atoms. The van der Waals surface area contributed by atoms with Crippen molar-refractivity contribution in [2.75, 3.05) is 6.61 Å². The van der Waals surface area contributed by atoms with Gasteiger partial charge in [-0.2, -0.15) is 0 Å². The molecule has 88 valence electrons. The Bertz CT molecular complexity index is 392. The lowest BCUT2D eigenvalue weighted by atomic mass is 10.2. The highest BCUT2D eigenvalue weighted by atomic mass is 35.5. The minimum atomic E-state index is 0.0253. The van der Waals surface area contributed by atoms with Gasteiger partial charge in [0.1, 0.15) is 5.75 Å². The molecule has 0 aliphatic carbocycles. The molecule has 0 saturated heterocycles. The van der Waals surface area contributed by atoms with E-state index in [-0.39, 0.29) is 5.84 Å². The molecule has 1 rings (SSSR count). The third-order valence-corrected chi connectivity index (χ3v) is 2.20. The van der Waals surface area contributed by atoms with E-state index in [2.05, 4.69) is 19.0 Å². The standard InChI is InChI=1S/C11H15ClN2O2/c1-7(2)6-16-10-4-3-8(5-9(10)12)11(13)14-15/h3-5,7,15H,6H2,1-2H3,(H2,13,14). The molecule has 0 radical (unpaired) electrons. The van der Waals surface area contributed by atoms with Gasteiger partial charge in [0.25, 0.3) is 0 Å². The summed E-state index contributed by atoms with van der Waals surface area (Å²) < 4.78 is 5.49. The number of hydrogen-bond acceptors (Lipinski definition) is 3. The molecule has 0 amide bonds. The summed E-state index contributed by atoms with van der Waals surface area (Å²) in [6.07, 6.45) is 0. The molecule has 1 aromatic carbocycles. The monoisotopic (exact) mass is 242 g/mol. The lowest BCUT2D eigenvalue weighted by molar-refractivity contribution is 0.271. The zero-order valence-corrected chi connectivity index (χ0v) is 10.0. The van der Waals surface area contributed by atoms with Gasteiger partial charge in [0.15, 0.2) is 5.84 Å². The van der Waals surface area contributed by atoms with Crippen LogP contribution in [-0.4, -0.2) is 17.6 Å². The number of hydrogen-bond donors (Lipinski definition) is 2. The lowest BCUT2D eigenvalue weighted by Crippen LogP contribution is -2.13. The Kier molecular flexibility index (Phi) is 4.43. The van der Waals surface area contributed by atoms with Gasteiger partial charge in [0, 0.05) is 5.56 Å². The summed E-state index contributed by atoms with van der Waals surface area (Å²) in [6.45, 7) is 4.71. The topological polar surface area (TPSA) is 67.8 Å². The molecule has 0 heterocycles. The smallest absolute Gasteiger partial charge is 0.170 e. The molecule has 3 N–H and O–H groups in total. The molecule has 0 aliphatic heterocycles. The highest BCUT2D eigenvalue weighted by Crippen LogP contribution is 2.25. The van der Waals surface area contributed by atoms with Gasteiger partial charge < -0.3 is 15.7 Å². The second kappa shape index (κ2) is 5.61. The molecule has 1 aromatic rings. The first kappa shape index (κ1) is 12.6. The van der Waals surface area contributed by atoms with Gasteiger partial charge in [-0.15, -0.1) is 0 Å². The first-order valence-electron chi connectivity index (χ1n) is 4.95. The van der Waals surface area contributed by atoms with Crippen molar-refractivity contribution in [1.29, 1.82) is 0 Å². The van der Waals surface area contributed by atoms with E-state index in [1.807, 2.05) is 0 Å². The first-order chi connectivity index (χ1) is 7.54. The number of ether oxygens (including phenoxy) is 1. The highest BCUT2D eigenvalue weighted by Gasteiger charge is 2.06. The highest BCUT2D eigenvalue weighted by molar-refractivity contribution is 6.32. The van der Waals surface area contributed by atoms with Gasteiger partial charge in [0.05, 0.1) is 11.6 Å². The van der Waals surface area contributed by atoms with Crippen LogP contribution in [-0.2, 0) is 0 Å². The van der Waals surface area contributed by atoms with Crippen molar-refractivity contribution in [2.45, 2.75) is 13.8 Å². The van der Waals surface area contributed by atoms with Crippen LogP contribution >= 0.6 is 11.6 Å². The predicted octanol–water partition coefficient (Wildman–Crippen LogP) is 2.47. The molecule has 5 heteroatoms. The van der Waals surface area contributed by atoms with Crippen LogP contribution in [0.25, 0.3) is 0 Å². The molecular formula is C11H15ClN2O2. The number of amidine groups is 1. The number of halogens is 1. The minimum absolute atomic E-state index is 0.0253. The fourth-order valence-corrected chi connectivity index (χ4v) is 1.33. The second-order valence-electron chi connectivity index (χ2n) is 3.84. The summed E-state index contributed by atoms with van der Waals surface area (Å²) in [5.74, 6) is 1.06. The molecule has 0 aliphatic rings. The molecule has 0 fully saturated rings. The fraction of sp³-hybridized carbons (Fsp3) is 0.364. The Morgan fingerprint density at radius 3 is 2.75 bits per heavy atom. The summed E-state index contributed by atoms with van der Waals surface area (Å²) in [6, 6.07) is 5.00. The van der Waals surface area contributed by atoms with E-state index in [9.17, 15) is 0 Å². The molecular weight excluding hydrogens is 228 g/mol. The third kappa shape index (κ3) is 3.31. The fourth-order valence-electron chi connectivity index (χ4n) is 1.09. The van der Waals surface area contributed by atoms with E-state index in [0.29, 0.717) is 28.9 Å². The molecule has 0 aromatic heterocycles. The van der Waals surface area contributed by atoms with Crippen molar-refractivity contribution in [2.24, 2.45) is 16.8 Å². The van der Waals surface area contributed by atoms with Gasteiger partial charge >= 0.3 is 0 Å². The molecule has 0 atom stereocenters. The molecule has 0 saturated carbocycles. The quantitative estimate of drug-likeness (QED) is 0.369. The number of nitrogens with zero attached hydrogens (tertiary/aromatic N) is 1. The average Bonchev–Trinajstić information content (AvgIpc) is 2.26. The Balaban J connectivity index is 2.83. The van der Waals surface area contributed by atoms with Gasteiger partial charge in [0.2, 0.25) is 0 Å². The molecule has 0 bridgehead atoms. The van der Waals surface area contributed by atoms with Crippen molar-refractivity contribution in [1.82, 2.24) is 0 Å². The van der Waals surface area contributed by atoms with E-state index < -0.39 is 0 Å². The number of rotatable bonds is 4. The van der Waals surface area contributed by atoms with Crippen LogP contribution in [0.4, 0.5) is 0 Å². The van der Waals surface area contributed by atoms with E-state index in [1.165, 1.54) is 0 Å². The molecule has 0 unspecified atom stereocenters. The Labute approximate surface area is 99.7 Å². The van der Waals surface area contributed by atoms with Crippen molar-refractivity contribution in [3.8, 4) is 5.75 Å². The van der Waals surface area contributed by atoms with Gasteiger partial charge in [-0.1, -0.05) is 30.6 Å². The van der Waals surface area contributed by atoms with E-state index >= 15 is 0 Å².